The first-order valence-electron chi connectivity index (χ1n) is 12.2. The molecule has 0 bridgehead atoms. The van der Waals surface area contributed by atoms with E-state index in [1.54, 1.807) is 35.4 Å². The number of carbonyl (C=O) groups excluding carboxylic acids is 1. The average Bonchev–Trinajstić information content (AvgIpc) is 3.62. The van der Waals surface area contributed by atoms with E-state index in [4.69, 9.17) is 0 Å². The van der Waals surface area contributed by atoms with Crippen molar-refractivity contribution in [2.75, 3.05) is 13.1 Å². The molecule has 36 heavy (non-hydrogen) atoms. The molecule has 2 aromatic carbocycles. The van der Waals surface area contributed by atoms with E-state index in [0.717, 1.165) is 10.9 Å². The number of alkyl halides is 3. The number of rotatable bonds is 4. The van der Waals surface area contributed by atoms with Gasteiger partial charge in [0, 0.05) is 30.2 Å². The van der Waals surface area contributed by atoms with E-state index in [-0.39, 0.29) is 23.5 Å². The number of halogens is 4. The number of hydrogen-bond donors (Lipinski definition) is 1. The Bertz CT molecular complexity index is 1450. The van der Waals surface area contributed by atoms with Gasteiger partial charge >= 0.3 is 6.18 Å². The Morgan fingerprint density at radius 1 is 1.00 bits per heavy atom. The maximum Gasteiger partial charge on any atom is 0.399 e. The van der Waals surface area contributed by atoms with Gasteiger partial charge in [0.1, 0.15) is 17.6 Å². The van der Waals surface area contributed by atoms with Crippen molar-refractivity contribution in [2.45, 2.75) is 43.7 Å². The molecule has 1 atom stereocenters. The van der Waals surface area contributed by atoms with Crippen LogP contribution in [0.3, 0.4) is 0 Å². The molecule has 0 radical (unpaired) electrons. The van der Waals surface area contributed by atoms with Gasteiger partial charge in [-0.25, -0.2) is 9.37 Å². The van der Waals surface area contributed by atoms with Crippen LogP contribution in [0.2, 0.25) is 0 Å². The second kappa shape index (κ2) is 8.57. The maximum absolute atomic E-state index is 14.3. The van der Waals surface area contributed by atoms with E-state index in [2.05, 4.69) is 15.0 Å². The van der Waals surface area contributed by atoms with Crippen molar-refractivity contribution in [3.8, 4) is 0 Å². The number of imidazole rings is 1. The predicted molar refractivity (Wildman–Crippen MR) is 127 cm³/mol. The van der Waals surface area contributed by atoms with Gasteiger partial charge < -0.3 is 9.88 Å². The summed E-state index contributed by atoms with van der Waals surface area (Å²) in [5, 5.41) is 0.721. The molecule has 1 unspecified atom stereocenters. The number of nitrogens with one attached hydrogen (secondary N) is 1. The molecule has 1 aliphatic carbocycles. The summed E-state index contributed by atoms with van der Waals surface area (Å²) >= 11 is 0. The van der Waals surface area contributed by atoms with Gasteiger partial charge in [-0.1, -0.05) is 0 Å². The van der Waals surface area contributed by atoms with Gasteiger partial charge in [0.05, 0.1) is 16.6 Å². The van der Waals surface area contributed by atoms with E-state index in [0.29, 0.717) is 60.9 Å². The molecule has 1 amide bonds. The quantitative estimate of drug-likeness (QED) is 0.265. The Balaban J connectivity index is 1.26. The SMILES string of the molecule is O=C(c1ccc2nc(C(C3CCC(c4ccnc5ccc(F)cc45)CC3)C(F)(F)F)[nH]c2c1)N1CC1. The number of fused-ring (bicyclic) bond motifs is 2. The van der Waals surface area contributed by atoms with Crippen LogP contribution in [0.15, 0.2) is 48.7 Å². The Labute approximate surface area is 204 Å². The Hall–Kier alpha value is -3.49. The Morgan fingerprint density at radius 3 is 2.47 bits per heavy atom. The molecule has 2 fully saturated rings. The molecule has 2 aromatic heterocycles. The summed E-state index contributed by atoms with van der Waals surface area (Å²) < 4.78 is 56.9. The standard InChI is InChI=1S/C27H24F4N4O/c28-18-6-8-21-20(14-18)19(9-10-32-21)15-1-3-16(4-2-15)24(27(29,30)31)25-33-22-7-5-17(13-23(22)34-25)26(36)35-11-12-35/h5-10,13-16,24H,1-4,11-12H2,(H,33,34). The van der Waals surface area contributed by atoms with Gasteiger partial charge in [-0.05, 0) is 85.5 Å². The van der Waals surface area contributed by atoms with Crippen LogP contribution in [-0.2, 0) is 0 Å². The third-order valence-electron chi connectivity index (χ3n) is 7.55. The van der Waals surface area contributed by atoms with Gasteiger partial charge in [-0.2, -0.15) is 13.2 Å². The molecular weight excluding hydrogens is 472 g/mol. The number of nitrogens with zero attached hydrogens (tertiary/aromatic N) is 3. The lowest BCUT2D eigenvalue weighted by Crippen LogP contribution is -2.31. The number of benzene rings is 2. The smallest absolute Gasteiger partial charge is 0.341 e. The molecule has 0 spiro atoms. The van der Waals surface area contributed by atoms with Gasteiger partial charge in [0.25, 0.3) is 5.91 Å². The first-order chi connectivity index (χ1) is 17.3. The zero-order valence-corrected chi connectivity index (χ0v) is 19.4. The molecule has 9 heteroatoms. The van der Waals surface area contributed by atoms with Crippen LogP contribution in [0.5, 0.6) is 0 Å². The fourth-order valence-electron chi connectivity index (χ4n) is 5.65. The van der Waals surface area contributed by atoms with Crippen LogP contribution in [-0.4, -0.2) is 45.0 Å². The van der Waals surface area contributed by atoms with Crippen molar-refractivity contribution in [3.63, 3.8) is 0 Å². The van der Waals surface area contributed by atoms with Crippen LogP contribution < -0.4 is 0 Å². The molecule has 3 heterocycles. The second-order valence-electron chi connectivity index (χ2n) is 9.84. The topological polar surface area (TPSA) is 61.6 Å². The van der Waals surface area contributed by atoms with E-state index < -0.39 is 18.0 Å². The molecule has 1 saturated carbocycles. The number of carbonyl (C=O) groups is 1. The van der Waals surface area contributed by atoms with Crippen LogP contribution in [0.4, 0.5) is 17.6 Å². The summed E-state index contributed by atoms with van der Waals surface area (Å²) in [5.41, 5.74) is 2.92. The molecule has 1 aliphatic heterocycles. The average molecular weight is 497 g/mol. The highest BCUT2D eigenvalue weighted by Gasteiger charge is 2.48. The minimum atomic E-state index is -4.46. The second-order valence-corrected chi connectivity index (χ2v) is 9.84. The number of aromatic amines is 1. The number of pyridine rings is 1. The summed E-state index contributed by atoms with van der Waals surface area (Å²) in [7, 11) is 0. The predicted octanol–water partition coefficient (Wildman–Crippen LogP) is 6.33. The molecular formula is C27H24F4N4O. The van der Waals surface area contributed by atoms with Crippen LogP contribution in [0, 0.1) is 11.7 Å². The molecule has 1 saturated heterocycles. The monoisotopic (exact) mass is 496 g/mol. The number of aromatic nitrogens is 3. The van der Waals surface area contributed by atoms with E-state index in [9.17, 15) is 22.4 Å². The minimum absolute atomic E-state index is 0.0455. The first kappa shape index (κ1) is 22.9. The van der Waals surface area contributed by atoms with Crippen LogP contribution in [0.1, 0.15) is 59.3 Å². The van der Waals surface area contributed by atoms with Gasteiger partial charge in [-0.3, -0.25) is 9.78 Å². The van der Waals surface area contributed by atoms with E-state index in [1.165, 1.54) is 12.1 Å². The zero-order chi connectivity index (χ0) is 25.0. The third kappa shape index (κ3) is 4.20. The summed E-state index contributed by atoms with van der Waals surface area (Å²) in [6.45, 7) is 1.41. The van der Waals surface area contributed by atoms with Crippen molar-refractivity contribution < 1.29 is 22.4 Å². The normalized spacial score (nSPS) is 21.2. The summed E-state index contributed by atoms with van der Waals surface area (Å²) in [6, 6.07) is 11.1. The lowest BCUT2D eigenvalue weighted by atomic mass is 9.73. The molecule has 4 aromatic rings. The molecule has 186 valence electrons. The highest BCUT2D eigenvalue weighted by Crippen LogP contribution is 2.48. The van der Waals surface area contributed by atoms with Crippen molar-refractivity contribution >= 4 is 27.8 Å². The Kier molecular flexibility index (Phi) is 5.46. The molecule has 1 N–H and O–H groups in total. The third-order valence-corrected chi connectivity index (χ3v) is 7.55. The fraction of sp³-hybridized carbons (Fsp3) is 0.370. The number of amides is 1. The zero-order valence-electron chi connectivity index (χ0n) is 19.4. The van der Waals surface area contributed by atoms with Crippen molar-refractivity contribution in [1.82, 2.24) is 19.9 Å². The number of hydrogen-bond acceptors (Lipinski definition) is 3. The van der Waals surface area contributed by atoms with Gasteiger partial charge in [0.2, 0.25) is 0 Å². The minimum Gasteiger partial charge on any atom is -0.341 e. The summed E-state index contributed by atoms with van der Waals surface area (Å²) in [4.78, 5) is 25.5. The summed E-state index contributed by atoms with van der Waals surface area (Å²) in [5.74, 6) is -2.87. The van der Waals surface area contributed by atoms with Crippen LogP contribution >= 0.6 is 0 Å². The first-order valence-corrected chi connectivity index (χ1v) is 12.2. The highest BCUT2D eigenvalue weighted by atomic mass is 19.4. The van der Waals surface area contributed by atoms with Crippen molar-refractivity contribution in [2.24, 2.45) is 5.92 Å². The van der Waals surface area contributed by atoms with E-state index >= 15 is 0 Å². The van der Waals surface area contributed by atoms with Crippen molar-refractivity contribution in [3.05, 3.63) is 71.4 Å². The molecule has 5 nitrogen and oxygen atoms in total. The number of H-pyrrole nitrogens is 1. The highest BCUT2D eigenvalue weighted by molar-refractivity contribution is 5.98. The lowest BCUT2D eigenvalue weighted by molar-refractivity contribution is -0.166. The largest absolute Gasteiger partial charge is 0.399 e. The van der Waals surface area contributed by atoms with E-state index in [1.807, 2.05) is 6.07 Å². The van der Waals surface area contributed by atoms with Crippen LogP contribution in [0.25, 0.3) is 21.9 Å². The van der Waals surface area contributed by atoms with Gasteiger partial charge in [-0.15, -0.1) is 0 Å². The molecule has 6 rings (SSSR count). The van der Waals surface area contributed by atoms with Crippen molar-refractivity contribution in [1.29, 1.82) is 0 Å². The summed E-state index contributed by atoms with van der Waals surface area (Å²) in [6.07, 6.45) is -0.888. The Morgan fingerprint density at radius 2 is 1.75 bits per heavy atom. The fourth-order valence-corrected chi connectivity index (χ4v) is 5.65. The van der Waals surface area contributed by atoms with Gasteiger partial charge in [0.15, 0.2) is 0 Å². The molecule has 2 aliphatic rings. The lowest BCUT2D eigenvalue weighted by Gasteiger charge is -2.34. The maximum atomic E-state index is 14.3.